The maximum atomic E-state index is 4.34. The molecular formula is C10H8Br2N2. The van der Waals surface area contributed by atoms with Crippen molar-refractivity contribution in [2.45, 2.75) is 6.92 Å². The van der Waals surface area contributed by atoms with E-state index in [1.807, 2.05) is 42.1 Å². The lowest BCUT2D eigenvalue weighted by atomic mass is 10.3. The summed E-state index contributed by atoms with van der Waals surface area (Å²) in [5.41, 5.74) is 2.06. The summed E-state index contributed by atoms with van der Waals surface area (Å²) in [5.74, 6) is 0. The molecule has 0 saturated heterocycles. The Balaban J connectivity index is 2.51. The molecule has 0 aliphatic rings. The Morgan fingerprint density at radius 2 is 1.79 bits per heavy atom. The minimum atomic E-state index is 1.01. The molecule has 0 bridgehead atoms. The van der Waals surface area contributed by atoms with E-state index < -0.39 is 0 Å². The standard InChI is InChI=1S/C10H8Br2N2/c1-7-2-3-14(13-7)10-5-8(11)4-9(12)6-10/h2-6H,1H3. The zero-order chi connectivity index (χ0) is 10.1. The van der Waals surface area contributed by atoms with Gasteiger partial charge in [-0.15, -0.1) is 0 Å². The first kappa shape index (κ1) is 9.93. The first-order valence-corrected chi connectivity index (χ1v) is 5.72. The molecule has 0 aliphatic heterocycles. The van der Waals surface area contributed by atoms with Gasteiger partial charge in [-0.1, -0.05) is 31.9 Å². The van der Waals surface area contributed by atoms with Gasteiger partial charge in [0.05, 0.1) is 11.4 Å². The van der Waals surface area contributed by atoms with Gasteiger partial charge in [0.2, 0.25) is 0 Å². The van der Waals surface area contributed by atoms with E-state index in [0.717, 1.165) is 20.3 Å². The van der Waals surface area contributed by atoms with Crippen molar-refractivity contribution < 1.29 is 0 Å². The summed E-state index contributed by atoms with van der Waals surface area (Å²) in [5, 5.41) is 4.34. The molecule has 1 aromatic heterocycles. The molecule has 0 N–H and O–H groups in total. The molecule has 0 spiro atoms. The van der Waals surface area contributed by atoms with Crippen LogP contribution < -0.4 is 0 Å². The van der Waals surface area contributed by atoms with E-state index in [0.29, 0.717) is 0 Å². The Morgan fingerprint density at radius 3 is 2.29 bits per heavy atom. The first-order chi connectivity index (χ1) is 6.65. The van der Waals surface area contributed by atoms with Crippen LogP contribution in [0.1, 0.15) is 5.69 Å². The number of rotatable bonds is 1. The number of hydrogen-bond donors (Lipinski definition) is 0. The highest BCUT2D eigenvalue weighted by Gasteiger charge is 2.00. The fourth-order valence-corrected chi connectivity index (χ4v) is 2.50. The summed E-state index contributed by atoms with van der Waals surface area (Å²) in [6.45, 7) is 1.98. The molecule has 14 heavy (non-hydrogen) atoms. The monoisotopic (exact) mass is 314 g/mol. The topological polar surface area (TPSA) is 17.8 Å². The third-order valence-corrected chi connectivity index (χ3v) is 2.75. The lowest BCUT2D eigenvalue weighted by molar-refractivity contribution is 0.861. The van der Waals surface area contributed by atoms with Crippen molar-refractivity contribution in [2.75, 3.05) is 0 Å². The van der Waals surface area contributed by atoms with E-state index in [1.54, 1.807) is 0 Å². The van der Waals surface area contributed by atoms with Crippen LogP contribution in [-0.4, -0.2) is 9.78 Å². The van der Waals surface area contributed by atoms with Crippen molar-refractivity contribution >= 4 is 31.9 Å². The molecule has 2 rings (SSSR count). The molecular weight excluding hydrogens is 308 g/mol. The number of aryl methyl sites for hydroxylation is 1. The van der Waals surface area contributed by atoms with Gasteiger partial charge >= 0.3 is 0 Å². The SMILES string of the molecule is Cc1ccn(-c2cc(Br)cc(Br)c2)n1. The van der Waals surface area contributed by atoms with E-state index in [-0.39, 0.29) is 0 Å². The Bertz CT molecular complexity index is 443. The Hall–Kier alpha value is -0.610. The van der Waals surface area contributed by atoms with Crippen molar-refractivity contribution in [1.82, 2.24) is 9.78 Å². The zero-order valence-corrected chi connectivity index (χ0v) is 10.7. The first-order valence-electron chi connectivity index (χ1n) is 4.14. The number of hydrogen-bond acceptors (Lipinski definition) is 1. The van der Waals surface area contributed by atoms with Crippen LogP contribution in [0.2, 0.25) is 0 Å². The second-order valence-electron chi connectivity index (χ2n) is 3.03. The van der Waals surface area contributed by atoms with Crippen molar-refractivity contribution in [2.24, 2.45) is 0 Å². The number of aromatic nitrogens is 2. The highest BCUT2D eigenvalue weighted by atomic mass is 79.9. The molecule has 1 aromatic carbocycles. The fraction of sp³-hybridized carbons (Fsp3) is 0.100. The van der Waals surface area contributed by atoms with E-state index >= 15 is 0 Å². The van der Waals surface area contributed by atoms with Crippen LogP contribution >= 0.6 is 31.9 Å². The summed E-state index contributed by atoms with van der Waals surface area (Å²) in [4.78, 5) is 0. The van der Waals surface area contributed by atoms with Gasteiger partial charge in [0, 0.05) is 15.1 Å². The van der Waals surface area contributed by atoms with Crippen molar-refractivity contribution in [3.8, 4) is 5.69 Å². The van der Waals surface area contributed by atoms with E-state index in [2.05, 4.69) is 37.0 Å². The number of nitrogens with zero attached hydrogens (tertiary/aromatic N) is 2. The predicted octanol–water partition coefficient (Wildman–Crippen LogP) is 3.71. The van der Waals surface area contributed by atoms with Crippen molar-refractivity contribution in [3.05, 3.63) is 45.1 Å². The van der Waals surface area contributed by atoms with Crippen LogP contribution in [0.4, 0.5) is 0 Å². The molecule has 0 unspecified atom stereocenters. The second-order valence-corrected chi connectivity index (χ2v) is 4.86. The highest BCUT2D eigenvalue weighted by Crippen LogP contribution is 2.22. The quantitative estimate of drug-likeness (QED) is 0.784. The lowest BCUT2D eigenvalue weighted by Gasteiger charge is -2.02. The summed E-state index contributed by atoms with van der Waals surface area (Å²) >= 11 is 6.89. The molecule has 2 aromatic rings. The van der Waals surface area contributed by atoms with Gasteiger partial charge in [-0.25, -0.2) is 4.68 Å². The van der Waals surface area contributed by atoms with Crippen LogP contribution in [0.15, 0.2) is 39.4 Å². The molecule has 1 heterocycles. The minimum absolute atomic E-state index is 1.01. The normalized spacial score (nSPS) is 10.5. The summed E-state index contributed by atoms with van der Waals surface area (Å²) in [6.07, 6.45) is 1.95. The molecule has 0 aliphatic carbocycles. The van der Waals surface area contributed by atoms with E-state index in [4.69, 9.17) is 0 Å². The van der Waals surface area contributed by atoms with Crippen LogP contribution in [0.3, 0.4) is 0 Å². The van der Waals surface area contributed by atoms with Crippen molar-refractivity contribution in [1.29, 1.82) is 0 Å². The van der Waals surface area contributed by atoms with Crippen LogP contribution in [0.5, 0.6) is 0 Å². The molecule has 0 fully saturated rings. The Kier molecular flexibility index (Phi) is 2.74. The third kappa shape index (κ3) is 2.07. The van der Waals surface area contributed by atoms with Gasteiger partial charge in [0.25, 0.3) is 0 Å². The average Bonchev–Trinajstić information content (AvgIpc) is 2.50. The molecule has 0 atom stereocenters. The van der Waals surface area contributed by atoms with Gasteiger partial charge in [-0.2, -0.15) is 5.10 Å². The van der Waals surface area contributed by atoms with Crippen LogP contribution in [0.25, 0.3) is 5.69 Å². The second kappa shape index (κ2) is 3.87. The average molecular weight is 316 g/mol. The Labute approximate surface area is 99.2 Å². The van der Waals surface area contributed by atoms with E-state index in [9.17, 15) is 0 Å². The minimum Gasteiger partial charge on any atom is -0.241 e. The molecule has 4 heteroatoms. The summed E-state index contributed by atoms with van der Waals surface area (Å²) < 4.78 is 3.93. The maximum Gasteiger partial charge on any atom is 0.0668 e. The van der Waals surface area contributed by atoms with Gasteiger partial charge in [0.15, 0.2) is 0 Å². The third-order valence-electron chi connectivity index (χ3n) is 1.83. The highest BCUT2D eigenvalue weighted by molar-refractivity contribution is 9.11. The Morgan fingerprint density at radius 1 is 1.14 bits per heavy atom. The van der Waals surface area contributed by atoms with E-state index in [1.165, 1.54) is 0 Å². The lowest BCUT2D eigenvalue weighted by Crippen LogP contribution is -1.94. The molecule has 0 saturated carbocycles. The van der Waals surface area contributed by atoms with Crippen molar-refractivity contribution in [3.63, 3.8) is 0 Å². The van der Waals surface area contributed by atoms with Gasteiger partial charge in [0.1, 0.15) is 0 Å². The number of halogens is 2. The summed E-state index contributed by atoms with van der Waals surface area (Å²) in [6, 6.07) is 8.03. The molecule has 72 valence electrons. The zero-order valence-electron chi connectivity index (χ0n) is 7.54. The smallest absolute Gasteiger partial charge is 0.0668 e. The molecule has 2 nitrogen and oxygen atoms in total. The summed E-state index contributed by atoms with van der Waals surface area (Å²) in [7, 11) is 0. The van der Waals surface area contributed by atoms with Gasteiger partial charge < -0.3 is 0 Å². The van der Waals surface area contributed by atoms with Gasteiger partial charge in [-0.05, 0) is 31.2 Å². The molecule has 0 radical (unpaired) electrons. The van der Waals surface area contributed by atoms with Crippen LogP contribution in [0, 0.1) is 6.92 Å². The predicted molar refractivity (Wildman–Crippen MR) is 63.7 cm³/mol. The van der Waals surface area contributed by atoms with Crippen LogP contribution in [-0.2, 0) is 0 Å². The fourth-order valence-electron chi connectivity index (χ4n) is 1.23. The maximum absolute atomic E-state index is 4.34. The van der Waals surface area contributed by atoms with Gasteiger partial charge in [-0.3, -0.25) is 0 Å². The largest absolute Gasteiger partial charge is 0.241 e. The number of benzene rings is 1. The molecule has 0 amide bonds.